The minimum absolute atomic E-state index is 0.0410. The number of aromatic nitrogens is 4. The van der Waals surface area contributed by atoms with Gasteiger partial charge in [-0.1, -0.05) is 0 Å². The standard InChI is InChI=1S/C17H24N6O/c1-12-8-19-14(10-18-12)17(24)23-6-5-15(21(2)3)16(23)7-13-9-20-22(4)11-13/h8-11,15-16H,5-7H2,1-4H3/t15-,16+/m1/s1. The molecule has 3 rings (SSSR count). The van der Waals surface area contributed by atoms with E-state index < -0.39 is 0 Å². The van der Waals surface area contributed by atoms with Crippen molar-refractivity contribution in [2.24, 2.45) is 7.05 Å². The quantitative estimate of drug-likeness (QED) is 0.834. The Morgan fingerprint density at radius 2 is 2.08 bits per heavy atom. The molecule has 7 nitrogen and oxygen atoms in total. The summed E-state index contributed by atoms with van der Waals surface area (Å²) in [4.78, 5) is 25.5. The number of likely N-dealkylation sites (N-methyl/N-ethyl adjacent to an activating group) is 1. The van der Waals surface area contributed by atoms with Gasteiger partial charge in [-0.25, -0.2) is 4.98 Å². The third-order valence-electron chi connectivity index (χ3n) is 4.64. The van der Waals surface area contributed by atoms with Gasteiger partial charge in [0.1, 0.15) is 5.69 Å². The van der Waals surface area contributed by atoms with E-state index in [9.17, 15) is 4.79 Å². The largest absolute Gasteiger partial charge is 0.332 e. The van der Waals surface area contributed by atoms with Crippen molar-refractivity contribution in [2.45, 2.75) is 31.8 Å². The number of carbonyl (C=O) groups excluding carboxylic acids is 1. The number of carbonyl (C=O) groups is 1. The maximum Gasteiger partial charge on any atom is 0.274 e. The average molecular weight is 328 g/mol. The van der Waals surface area contributed by atoms with Crippen LogP contribution in [0.25, 0.3) is 0 Å². The second kappa shape index (κ2) is 6.68. The summed E-state index contributed by atoms with van der Waals surface area (Å²) in [6, 6.07) is 0.437. The van der Waals surface area contributed by atoms with E-state index in [1.54, 1.807) is 17.1 Å². The summed E-state index contributed by atoms with van der Waals surface area (Å²) in [5.74, 6) is -0.0410. The van der Waals surface area contributed by atoms with Crippen molar-refractivity contribution < 1.29 is 4.79 Å². The molecule has 0 unspecified atom stereocenters. The topological polar surface area (TPSA) is 67.2 Å². The molecule has 3 heterocycles. The van der Waals surface area contributed by atoms with Gasteiger partial charge in [0.2, 0.25) is 0 Å². The van der Waals surface area contributed by atoms with Crippen molar-refractivity contribution in [1.29, 1.82) is 0 Å². The van der Waals surface area contributed by atoms with E-state index in [1.165, 1.54) is 0 Å². The Balaban J connectivity index is 1.84. The second-order valence-corrected chi connectivity index (χ2v) is 6.65. The maximum atomic E-state index is 12.9. The Kier molecular flexibility index (Phi) is 4.62. The lowest BCUT2D eigenvalue weighted by atomic mass is 10.0. The van der Waals surface area contributed by atoms with Crippen LogP contribution in [0.3, 0.4) is 0 Å². The zero-order chi connectivity index (χ0) is 17.3. The van der Waals surface area contributed by atoms with Crippen LogP contribution in [-0.4, -0.2) is 68.2 Å². The number of hydrogen-bond donors (Lipinski definition) is 0. The fraction of sp³-hybridized carbons (Fsp3) is 0.529. The second-order valence-electron chi connectivity index (χ2n) is 6.65. The van der Waals surface area contributed by atoms with Gasteiger partial charge in [-0.3, -0.25) is 14.5 Å². The summed E-state index contributed by atoms with van der Waals surface area (Å²) in [6.45, 7) is 2.60. The summed E-state index contributed by atoms with van der Waals surface area (Å²) in [7, 11) is 6.05. The molecule has 0 saturated carbocycles. The van der Waals surface area contributed by atoms with Crippen LogP contribution >= 0.6 is 0 Å². The highest BCUT2D eigenvalue weighted by Crippen LogP contribution is 2.26. The van der Waals surface area contributed by atoms with Gasteiger partial charge in [0.25, 0.3) is 5.91 Å². The monoisotopic (exact) mass is 328 g/mol. The van der Waals surface area contributed by atoms with E-state index in [0.717, 1.165) is 30.6 Å². The molecule has 0 bridgehead atoms. The van der Waals surface area contributed by atoms with Crippen LogP contribution in [0.5, 0.6) is 0 Å². The lowest BCUT2D eigenvalue weighted by Crippen LogP contribution is -2.46. The van der Waals surface area contributed by atoms with Gasteiger partial charge in [-0.05, 0) is 39.4 Å². The van der Waals surface area contributed by atoms with Gasteiger partial charge in [0.15, 0.2) is 0 Å². The van der Waals surface area contributed by atoms with E-state index in [-0.39, 0.29) is 11.9 Å². The first-order valence-electron chi connectivity index (χ1n) is 8.19. The summed E-state index contributed by atoms with van der Waals surface area (Å²) < 4.78 is 1.80. The fourth-order valence-electron chi connectivity index (χ4n) is 3.41. The predicted molar refractivity (Wildman–Crippen MR) is 90.6 cm³/mol. The Bertz CT molecular complexity index is 708. The molecule has 1 amide bonds. The number of likely N-dealkylation sites (tertiary alicyclic amines) is 1. The van der Waals surface area contributed by atoms with Gasteiger partial charge in [0, 0.05) is 32.0 Å². The Hall–Kier alpha value is -2.28. The van der Waals surface area contributed by atoms with Crippen LogP contribution in [0.1, 0.15) is 28.2 Å². The van der Waals surface area contributed by atoms with Crippen molar-refractivity contribution >= 4 is 5.91 Å². The number of hydrogen-bond acceptors (Lipinski definition) is 5. The molecule has 24 heavy (non-hydrogen) atoms. The molecule has 2 atom stereocenters. The lowest BCUT2D eigenvalue weighted by Gasteiger charge is -2.31. The van der Waals surface area contributed by atoms with Gasteiger partial charge in [-0.2, -0.15) is 5.10 Å². The van der Waals surface area contributed by atoms with Gasteiger partial charge in [-0.15, -0.1) is 0 Å². The molecular formula is C17H24N6O. The smallest absolute Gasteiger partial charge is 0.274 e. The lowest BCUT2D eigenvalue weighted by molar-refractivity contribution is 0.0698. The van der Waals surface area contributed by atoms with E-state index >= 15 is 0 Å². The molecule has 1 aliphatic heterocycles. The molecule has 128 valence electrons. The first-order chi connectivity index (χ1) is 11.5. The van der Waals surface area contributed by atoms with E-state index in [1.807, 2.05) is 31.3 Å². The summed E-state index contributed by atoms with van der Waals surface area (Å²) in [5.41, 5.74) is 2.37. The molecule has 2 aromatic rings. The van der Waals surface area contributed by atoms with Crippen molar-refractivity contribution in [3.05, 3.63) is 41.7 Å². The molecule has 1 aliphatic rings. The Morgan fingerprint density at radius 3 is 2.67 bits per heavy atom. The molecule has 0 spiro atoms. The van der Waals surface area contributed by atoms with E-state index in [4.69, 9.17) is 0 Å². The SMILES string of the molecule is Cc1cnc(C(=O)N2CC[C@@H](N(C)C)[C@@H]2Cc2cnn(C)c2)cn1. The molecule has 7 heteroatoms. The van der Waals surface area contributed by atoms with Crippen LogP contribution < -0.4 is 0 Å². The number of amides is 1. The Morgan fingerprint density at radius 1 is 1.29 bits per heavy atom. The van der Waals surface area contributed by atoms with Crippen molar-refractivity contribution in [3.63, 3.8) is 0 Å². The first kappa shape index (κ1) is 16.6. The Labute approximate surface area is 142 Å². The van der Waals surface area contributed by atoms with Crippen LogP contribution in [0.15, 0.2) is 24.8 Å². The van der Waals surface area contributed by atoms with Crippen LogP contribution in [0.4, 0.5) is 0 Å². The highest BCUT2D eigenvalue weighted by molar-refractivity contribution is 5.92. The third kappa shape index (κ3) is 3.31. The van der Waals surface area contributed by atoms with Crippen LogP contribution in [0.2, 0.25) is 0 Å². The maximum absolute atomic E-state index is 12.9. The van der Waals surface area contributed by atoms with Crippen molar-refractivity contribution in [1.82, 2.24) is 29.5 Å². The minimum atomic E-state index is -0.0410. The molecule has 0 radical (unpaired) electrons. The van der Waals surface area contributed by atoms with Crippen molar-refractivity contribution in [2.75, 3.05) is 20.6 Å². The minimum Gasteiger partial charge on any atom is -0.332 e. The number of rotatable bonds is 4. The highest BCUT2D eigenvalue weighted by atomic mass is 16.2. The zero-order valence-corrected chi connectivity index (χ0v) is 14.7. The van der Waals surface area contributed by atoms with E-state index in [0.29, 0.717) is 11.7 Å². The molecule has 1 saturated heterocycles. The molecule has 0 aromatic carbocycles. The third-order valence-corrected chi connectivity index (χ3v) is 4.64. The van der Waals surface area contributed by atoms with Crippen LogP contribution in [0, 0.1) is 6.92 Å². The summed E-state index contributed by atoms with van der Waals surface area (Å²) >= 11 is 0. The van der Waals surface area contributed by atoms with Crippen molar-refractivity contribution in [3.8, 4) is 0 Å². The summed E-state index contributed by atoms with van der Waals surface area (Å²) in [6.07, 6.45) is 8.86. The summed E-state index contributed by atoms with van der Waals surface area (Å²) in [5, 5.41) is 4.24. The number of aryl methyl sites for hydroxylation is 2. The van der Waals surface area contributed by atoms with Gasteiger partial charge < -0.3 is 9.80 Å². The predicted octanol–water partition coefficient (Wildman–Crippen LogP) is 0.906. The molecule has 1 fully saturated rings. The molecular weight excluding hydrogens is 304 g/mol. The fourth-order valence-corrected chi connectivity index (χ4v) is 3.41. The molecule has 0 N–H and O–H groups in total. The van der Waals surface area contributed by atoms with E-state index in [2.05, 4.69) is 34.1 Å². The molecule has 2 aromatic heterocycles. The van der Waals surface area contributed by atoms with Crippen LogP contribution in [-0.2, 0) is 13.5 Å². The average Bonchev–Trinajstić information content (AvgIpc) is 3.14. The zero-order valence-electron chi connectivity index (χ0n) is 14.7. The normalized spacial score (nSPS) is 20.8. The molecule has 0 aliphatic carbocycles. The first-order valence-corrected chi connectivity index (χ1v) is 8.19. The van der Waals surface area contributed by atoms with Gasteiger partial charge >= 0.3 is 0 Å². The number of nitrogens with zero attached hydrogens (tertiary/aromatic N) is 6. The van der Waals surface area contributed by atoms with Gasteiger partial charge in [0.05, 0.1) is 24.1 Å². The highest BCUT2D eigenvalue weighted by Gasteiger charge is 2.39.